The van der Waals surface area contributed by atoms with E-state index in [0.29, 0.717) is 11.1 Å². The SMILES string of the molecule is N#Cc1ccc(C(=O)Nc2ccccc2[P+](=O)[O-])cc1. The van der Waals surface area contributed by atoms with E-state index in [1.54, 1.807) is 12.1 Å². The van der Waals surface area contributed by atoms with Crippen LogP contribution in [0.3, 0.4) is 0 Å². The highest BCUT2D eigenvalue weighted by atomic mass is 31.1. The van der Waals surface area contributed by atoms with E-state index in [0.717, 1.165) is 0 Å². The zero-order chi connectivity index (χ0) is 14.5. The molecule has 0 aromatic heterocycles. The number of rotatable bonds is 3. The van der Waals surface area contributed by atoms with Gasteiger partial charge in [-0.1, -0.05) is 16.7 Å². The summed E-state index contributed by atoms with van der Waals surface area (Å²) in [4.78, 5) is 23.1. The molecule has 0 bridgehead atoms. The standard InChI is InChI=1S/C14H9N2O3P/c15-9-10-5-7-11(8-6-10)14(17)16-12-3-1-2-4-13(12)20(18)19/h1-8H,(H,16,17). The molecule has 0 aliphatic rings. The third-order valence-electron chi connectivity index (χ3n) is 2.63. The number of hydrogen-bond acceptors (Lipinski definition) is 4. The van der Waals surface area contributed by atoms with Gasteiger partial charge in [0.1, 0.15) is 0 Å². The third-order valence-corrected chi connectivity index (χ3v) is 3.41. The van der Waals surface area contributed by atoms with E-state index in [-0.39, 0.29) is 11.0 Å². The van der Waals surface area contributed by atoms with Gasteiger partial charge in [-0.2, -0.15) is 5.26 Å². The van der Waals surface area contributed by atoms with Crippen LogP contribution in [0.4, 0.5) is 5.69 Å². The Bertz CT molecular complexity index is 705. The number of anilines is 1. The monoisotopic (exact) mass is 284 g/mol. The Morgan fingerprint density at radius 1 is 1.15 bits per heavy atom. The van der Waals surface area contributed by atoms with Crippen LogP contribution in [-0.4, -0.2) is 5.91 Å². The van der Waals surface area contributed by atoms with Gasteiger partial charge in [0.15, 0.2) is 0 Å². The minimum atomic E-state index is -2.78. The molecule has 2 aromatic carbocycles. The molecule has 0 saturated heterocycles. The van der Waals surface area contributed by atoms with Crippen molar-refractivity contribution in [3.8, 4) is 6.07 Å². The van der Waals surface area contributed by atoms with Gasteiger partial charge in [-0.3, -0.25) is 4.79 Å². The lowest BCUT2D eigenvalue weighted by Crippen LogP contribution is -2.18. The first kappa shape index (κ1) is 13.9. The molecule has 0 fully saturated rings. The topological polar surface area (TPSA) is 93.0 Å². The molecule has 1 unspecified atom stereocenters. The number of carbonyl (C=O) groups excluding carboxylic acids is 1. The van der Waals surface area contributed by atoms with Crippen molar-refractivity contribution < 1.29 is 14.3 Å². The Morgan fingerprint density at radius 3 is 2.40 bits per heavy atom. The summed E-state index contributed by atoms with van der Waals surface area (Å²) in [6.07, 6.45) is 0. The second kappa shape index (κ2) is 6.07. The van der Waals surface area contributed by atoms with E-state index in [4.69, 9.17) is 5.26 Å². The molecule has 1 amide bonds. The van der Waals surface area contributed by atoms with E-state index < -0.39 is 13.9 Å². The molecule has 0 aliphatic carbocycles. The van der Waals surface area contributed by atoms with Gasteiger partial charge < -0.3 is 10.2 Å². The van der Waals surface area contributed by atoms with Crippen LogP contribution in [0.2, 0.25) is 0 Å². The van der Waals surface area contributed by atoms with Gasteiger partial charge in [0, 0.05) is 5.56 Å². The number of carbonyl (C=O) groups is 1. The van der Waals surface area contributed by atoms with Crippen molar-refractivity contribution in [1.82, 2.24) is 0 Å². The zero-order valence-electron chi connectivity index (χ0n) is 10.2. The van der Waals surface area contributed by atoms with Crippen molar-refractivity contribution in [2.75, 3.05) is 5.32 Å². The molecule has 5 nitrogen and oxygen atoms in total. The molecule has 0 heterocycles. The molecule has 2 rings (SSSR count). The van der Waals surface area contributed by atoms with Crippen LogP contribution >= 0.6 is 8.03 Å². The van der Waals surface area contributed by atoms with Crippen LogP contribution in [0.5, 0.6) is 0 Å². The normalized spacial score (nSPS) is 10.5. The van der Waals surface area contributed by atoms with Gasteiger partial charge in [0.05, 0.1) is 17.3 Å². The van der Waals surface area contributed by atoms with Gasteiger partial charge in [0.25, 0.3) is 5.91 Å². The first-order valence-electron chi connectivity index (χ1n) is 5.67. The smallest absolute Gasteiger partial charge is 0.350 e. The zero-order valence-corrected chi connectivity index (χ0v) is 11.1. The van der Waals surface area contributed by atoms with Gasteiger partial charge >= 0.3 is 8.03 Å². The number of nitriles is 1. The molecule has 0 radical (unpaired) electrons. The summed E-state index contributed by atoms with van der Waals surface area (Å²) in [5, 5.41) is 11.3. The van der Waals surface area contributed by atoms with Crippen LogP contribution in [0.25, 0.3) is 0 Å². The van der Waals surface area contributed by atoms with E-state index in [9.17, 15) is 14.3 Å². The summed E-state index contributed by atoms with van der Waals surface area (Å²) in [6, 6.07) is 14.2. The summed E-state index contributed by atoms with van der Waals surface area (Å²) in [5.41, 5.74) is 1.03. The number of nitrogens with one attached hydrogen (secondary N) is 1. The first-order chi connectivity index (χ1) is 9.61. The molecule has 1 atom stereocenters. The van der Waals surface area contributed by atoms with Crippen LogP contribution in [0.1, 0.15) is 15.9 Å². The molecule has 0 aliphatic heterocycles. The van der Waals surface area contributed by atoms with Crippen molar-refractivity contribution in [3.05, 3.63) is 59.7 Å². The second-order valence-electron chi connectivity index (χ2n) is 3.92. The number of nitrogens with zero attached hydrogens (tertiary/aromatic N) is 1. The van der Waals surface area contributed by atoms with E-state index in [2.05, 4.69) is 5.32 Å². The van der Waals surface area contributed by atoms with Gasteiger partial charge in [-0.25, -0.2) is 0 Å². The average molecular weight is 284 g/mol. The summed E-state index contributed by atoms with van der Waals surface area (Å²) >= 11 is 0. The maximum Gasteiger partial charge on any atom is 0.350 e. The van der Waals surface area contributed by atoms with Crippen molar-refractivity contribution in [1.29, 1.82) is 5.26 Å². The Kier molecular flexibility index (Phi) is 4.21. The molecule has 20 heavy (non-hydrogen) atoms. The minimum Gasteiger partial charge on any atom is -0.591 e. The molecule has 0 saturated carbocycles. The second-order valence-corrected chi connectivity index (χ2v) is 4.91. The summed E-state index contributed by atoms with van der Waals surface area (Å²) in [7, 11) is -2.78. The highest BCUT2D eigenvalue weighted by molar-refractivity contribution is 7.46. The number of hydrogen-bond donors (Lipinski definition) is 1. The highest BCUT2D eigenvalue weighted by Gasteiger charge is 2.16. The summed E-state index contributed by atoms with van der Waals surface area (Å²) in [5.74, 6) is -0.432. The third kappa shape index (κ3) is 3.07. The van der Waals surface area contributed by atoms with Crippen LogP contribution < -0.4 is 15.5 Å². The maximum atomic E-state index is 12.0. The van der Waals surface area contributed by atoms with Gasteiger partial charge in [-0.05, 0) is 36.4 Å². The molecular weight excluding hydrogens is 275 g/mol. The fourth-order valence-electron chi connectivity index (χ4n) is 1.63. The van der Waals surface area contributed by atoms with E-state index in [1.807, 2.05) is 6.07 Å². The largest absolute Gasteiger partial charge is 0.591 e. The number of amides is 1. The Balaban J connectivity index is 2.23. The molecule has 0 spiro atoms. The van der Waals surface area contributed by atoms with Crippen molar-refractivity contribution in [2.24, 2.45) is 0 Å². The van der Waals surface area contributed by atoms with Gasteiger partial charge in [-0.15, -0.1) is 0 Å². The summed E-state index contributed by atoms with van der Waals surface area (Å²) in [6.45, 7) is 0. The van der Waals surface area contributed by atoms with Crippen molar-refractivity contribution in [2.45, 2.75) is 0 Å². The predicted octanol–water partition coefficient (Wildman–Crippen LogP) is 1.54. The number of para-hydroxylation sites is 1. The average Bonchev–Trinajstić information content (AvgIpc) is 2.47. The van der Waals surface area contributed by atoms with Crippen molar-refractivity contribution >= 4 is 24.9 Å². The molecule has 98 valence electrons. The lowest BCUT2D eigenvalue weighted by atomic mass is 10.1. The lowest BCUT2D eigenvalue weighted by Gasteiger charge is -2.06. The fourth-order valence-corrected chi connectivity index (χ4v) is 2.16. The molecule has 2 aromatic rings. The summed E-state index contributed by atoms with van der Waals surface area (Å²) < 4.78 is 11.1. The Hall–Kier alpha value is -2.54. The maximum absolute atomic E-state index is 12.0. The fraction of sp³-hybridized carbons (Fsp3) is 0. The first-order valence-corrected chi connectivity index (χ1v) is 6.84. The molecular formula is C14H9N2O3P. The van der Waals surface area contributed by atoms with Gasteiger partial charge in [0.2, 0.25) is 5.30 Å². The van der Waals surface area contributed by atoms with Crippen molar-refractivity contribution in [3.63, 3.8) is 0 Å². The number of benzene rings is 2. The Labute approximate surface area is 116 Å². The van der Waals surface area contributed by atoms with E-state index in [1.165, 1.54) is 36.4 Å². The quantitative estimate of drug-likeness (QED) is 0.865. The van der Waals surface area contributed by atoms with Crippen LogP contribution in [-0.2, 0) is 4.57 Å². The van der Waals surface area contributed by atoms with Crippen LogP contribution in [0, 0.1) is 11.3 Å². The minimum absolute atomic E-state index is 0.0597. The van der Waals surface area contributed by atoms with E-state index >= 15 is 0 Å². The molecule has 6 heteroatoms. The molecule has 1 N–H and O–H groups in total. The Morgan fingerprint density at radius 2 is 1.80 bits per heavy atom. The lowest BCUT2D eigenvalue weighted by molar-refractivity contribution is -0.160. The van der Waals surface area contributed by atoms with Crippen LogP contribution in [0.15, 0.2) is 48.5 Å². The highest BCUT2D eigenvalue weighted by Crippen LogP contribution is 2.17. The predicted molar refractivity (Wildman–Crippen MR) is 72.8 cm³/mol.